The molecule has 1 aromatic rings. The Labute approximate surface area is 106 Å². The van der Waals surface area contributed by atoms with Crippen LogP contribution >= 0.6 is 22.9 Å². The normalized spacial score (nSPS) is 10.4. The second-order valence-corrected chi connectivity index (χ2v) is 5.59. The molecule has 0 bridgehead atoms. The van der Waals surface area contributed by atoms with Gasteiger partial charge in [0.25, 0.3) is 0 Å². The van der Waals surface area contributed by atoms with E-state index in [4.69, 9.17) is 11.6 Å². The summed E-state index contributed by atoms with van der Waals surface area (Å²) in [4.78, 5) is 14.0. The molecule has 16 heavy (non-hydrogen) atoms. The van der Waals surface area contributed by atoms with Gasteiger partial charge in [0.1, 0.15) is 0 Å². The first-order valence-corrected chi connectivity index (χ1v) is 6.87. The number of carbonyl (C=O) groups excluding carboxylic acids is 1. The predicted octanol–water partition coefficient (Wildman–Crippen LogP) is 3.39. The number of alkyl halides is 1. The summed E-state index contributed by atoms with van der Waals surface area (Å²) in [6, 6.07) is 2.14. The molecular weight excluding hydrogens is 242 g/mol. The van der Waals surface area contributed by atoms with Crippen molar-refractivity contribution >= 4 is 28.8 Å². The van der Waals surface area contributed by atoms with Gasteiger partial charge in [-0.15, -0.1) is 22.9 Å². The Balaban J connectivity index is 2.26. The van der Waals surface area contributed by atoms with Crippen molar-refractivity contribution in [3.05, 3.63) is 21.4 Å². The maximum atomic E-state index is 11.4. The summed E-state index contributed by atoms with van der Waals surface area (Å²) in [7, 11) is 0. The number of hydrogen-bond acceptors (Lipinski definition) is 2. The Morgan fingerprint density at radius 3 is 2.75 bits per heavy atom. The Kier molecular flexibility index (Phi) is 5.85. The molecule has 1 N–H and O–H groups in total. The minimum Gasteiger partial charge on any atom is -0.351 e. The smallest absolute Gasteiger partial charge is 0.220 e. The van der Waals surface area contributed by atoms with Crippen molar-refractivity contribution in [3.8, 4) is 0 Å². The zero-order valence-corrected chi connectivity index (χ0v) is 11.4. The fraction of sp³-hybridized carbons (Fsp3) is 0.583. The van der Waals surface area contributed by atoms with E-state index in [2.05, 4.69) is 25.2 Å². The monoisotopic (exact) mass is 259 g/mol. The number of nitrogens with one attached hydrogen (secondary N) is 1. The van der Waals surface area contributed by atoms with Gasteiger partial charge in [0.05, 0.1) is 6.54 Å². The second kappa shape index (κ2) is 6.92. The Morgan fingerprint density at radius 1 is 1.44 bits per heavy atom. The first-order valence-electron chi connectivity index (χ1n) is 5.52. The minimum absolute atomic E-state index is 0.119. The largest absolute Gasteiger partial charge is 0.351 e. The lowest BCUT2D eigenvalue weighted by Gasteiger charge is -2.02. The van der Waals surface area contributed by atoms with Crippen LogP contribution in [0.2, 0.25) is 0 Å². The first-order chi connectivity index (χ1) is 7.63. The summed E-state index contributed by atoms with van der Waals surface area (Å²) in [5, 5.41) is 2.93. The maximum Gasteiger partial charge on any atom is 0.220 e. The molecule has 1 heterocycles. The SMILES string of the molecule is Cc1cc(CNC(=O)CCCCCl)sc1C. The van der Waals surface area contributed by atoms with Gasteiger partial charge in [-0.2, -0.15) is 0 Å². The molecule has 0 saturated carbocycles. The van der Waals surface area contributed by atoms with E-state index < -0.39 is 0 Å². The van der Waals surface area contributed by atoms with Crippen molar-refractivity contribution in [2.75, 3.05) is 5.88 Å². The predicted molar refractivity (Wildman–Crippen MR) is 70.2 cm³/mol. The standard InChI is InChI=1S/C12H18ClNOS/c1-9-7-11(16-10(9)2)8-14-12(15)5-3-4-6-13/h7H,3-6,8H2,1-2H3,(H,14,15). The molecule has 0 aliphatic carbocycles. The molecular formula is C12H18ClNOS. The molecule has 90 valence electrons. The Bertz CT molecular complexity index is 329. The molecule has 0 aliphatic rings. The summed E-state index contributed by atoms with van der Waals surface area (Å²) >= 11 is 7.30. The average Bonchev–Trinajstić information content (AvgIpc) is 2.56. The van der Waals surface area contributed by atoms with Gasteiger partial charge in [0.15, 0.2) is 0 Å². The van der Waals surface area contributed by atoms with Crippen LogP contribution in [0.4, 0.5) is 0 Å². The number of carbonyl (C=O) groups is 1. The number of hydrogen-bond donors (Lipinski definition) is 1. The summed E-state index contributed by atoms with van der Waals surface area (Å²) in [5.74, 6) is 0.755. The van der Waals surface area contributed by atoms with Crippen molar-refractivity contribution in [2.24, 2.45) is 0 Å². The molecule has 0 atom stereocenters. The van der Waals surface area contributed by atoms with Crippen molar-refractivity contribution in [1.82, 2.24) is 5.32 Å². The number of amides is 1. The average molecular weight is 260 g/mol. The highest BCUT2D eigenvalue weighted by atomic mass is 35.5. The van der Waals surface area contributed by atoms with Gasteiger partial charge in [0.2, 0.25) is 5.91 Å². The van der Waals surface area contributed by atoms with E-state index in [0.29, 0.717) is 18.8 Å². The number of unbranched alkanes of at least 4 members (excludes halogenated alkanes) is 1. The van der Waals surface area contributed by atoms with Gasteiger partial charge in [-0.3, -0.25) is 4.79 Å². The van der Waals surface area contributed by atoms with Gasteiger partial charge in [-0.05, 0) is 38.3 Å². The van der Waals surface area contributed by atoms with Crippen molar-refractivity contribution in [1.29, 1.82) is 0 Å². The third-order valence-corrected chi connectivity index (χ3v) is 3.88. The lowest BCUT2D eigenvalue weighted by molar-refractivity contribution is -0.121. The van der Waals surface area contributed by atoms with Crippen LogP contribution in [0.15, 0.2) is 6.07 Å². The van der Waals surface area contributed by atoms with Crippen LogP contribution in [0, 0.1) is 13.8 Å². The van der Waals surface area contributed by atoms with Crippen molar-refractivity contribution < 1.29 is 4.79 Å². The van der Waals surface area contributed by atoms with Crippen LogP contribution in [-0.2, 0) is 11.3 Å². The molecule has 1 aromatic heterocycles. The second-order valence-electron chi connectivity index (χ2n) is 3.87. The Hall–Kier alpha value is -0.540. The highest BCUT2D eigenvalue weighted by molar-refractivity contribution is 7.12. The molecule has 1 rings (SSSR count). The minimum atomic E-state index is 0.119. The van der Waals surface area contributed by atoms with Crippen LogP contribution in [0.3, 0.4) is 0 Å². The highest BCUT2D eigenvalue weighted by Crippen LogP contribution is 2.20. The van der Waals surface area contributed by atoms with E-state index in [9.17, 15) is 4.79 Å². The molecule has 1 amide bonds. The van der Waals surface area contributed by atoms with Crippen LogP contribution in [0.25, 0.3) is 0 Å². The summed E-state index contributed by atoms with van der Waals surface area (Å²) in [6.07, 6.45) is 2.36. The zero-order chi connectivity index (χ0) is 12.0. The van der Waals surface area contributed by atoms with E-state index in [0.717, 1.165) is 12.8 Å². The van der Waals surface area contributed by atoms with E-state index in [1.165, 1.54) is 15.3 Å². The van der Waals surface area contributed by atoms with E-state index in [-0.39, 0.29) is 5.91 Å². The van der Waals surface area contributed by atoms with Gasteiger partial charge < -0.3 is 5.32 Å². The van der Waals surface area contributed by atoms with E-state index in [1.54, 1.807) is 11.3 Å². The topological polar surface area (TPSA) is 29.1 Å². The lowest BCUT2D eigenvalue weighted by Crippen LogP contribution is -2.21. The molecule has 0 aromatic carbocycles. The summed E-state index contributed by atoms with van der Waals surface area (Å²) in [6.45, 7) is 4.85. The maximum absolute atomic E-state index is 11.4. The van der Waals surface area contributed by atoms with Gasteiger partial charge in [-0.1, -0.05) is 0 Å². The van der Waals surface area contributed by atoms with E-state index in [1.807, 2.05) is 0 Å². The molecule has 0 spiro atoms. The third-order valence-electron chi connectivity index (χ3n) is 2.46. The van der Waals surface area contributed by atoms with E-state index >= 15 is 0 Å². The lowest BCUT2D eigenvalue weighted by atomic mass is 10.2. The van der Waals surface area contributed by atoms with Crippen LogP contribution in [0.1, 0.15) is 34.6 Å². The molecule has 0 unspecified atom stereocenters. The zero-order valence-electron chi connectivity index (χ0n) is 9.81. The van der Waals surface area contributed by atoms with Gasteiger partial charge in [-0.25, -0.2) is 0 Å². The third kappa shape index (κ3) is 4.54. The van der Waals surface area contributed by atoms with Crippen LogP contribution in [0.5, 0.6) is 0 Å². The van der Waals surface area contributed by atoms with Crippen molar-refractivity contribution in [2.45, 2.75) is 39.7 Å². The molecule has 2 nitrogen and oxygen atoms in total. The number of thiophene rings is 1. The number of halogens is 1. The van der Waals surface area contributed by atoms with Crippen molar-refractivity contribution in [3.63, 3.8) is 0 Å². The summed E-state index contributed by atoms with van der Waals surface area (Å²) in [5.41, 5.74) is 1.30. The molecule has 4 heteroatoms. The fourth-order valence-electron chi connectivity index (χ4n) is 1.39. The first kappa shape index (κ1) is 13.5. The van der Waals surface area contributed by atoms with Gasteiger partial charge >= 0.3 is 0 Å². The molecule has 0 aliphatic heterocycles. The molecule has 0 fully saturated rings. The Morgan fingerprint density at radius 2 is 2.19 bits per heavy atom. The highest BCUT2D eigenvalue weighted by Gasteiger charge is 2.04. The van der Waals surface area contributed by atoms with Crippen LogP contribution in [-0.4, -0.2) is 11.8 Å². The van der Waals surface area contributed by atoms with Gasteiger partial charge in [0, 0.05) is 22.1 Å². The summed E-state index contributed by atoms with van der Waals surface area (Å²) < 4.78 is 0. The quantitative estimate of drug-likeness (QED) is 0.616. The number of rotatable bonds is 6. The van der Waals surface area contributed by atoms with Crippen LogP contribution < -0.4 is 5.32 Å². The fourth-order valence-corrected chi connectivity index (χ4v) is 2.57. The molecule has 0 saturated heterocycles. The molecule has 0 radical (unpaired) electrons. The number of aryl methyl sites for hydroxylation is 2.